The molecule has 1 aliphatic rings. The van der Waals surface area contributed by atoms with Gasteiger partial charge in [0.2, 0.25) is 11.9 Å². The molecule has 6 nitrogen and oxygen atoms in total. The molecule has 0 saturated heterocycles. The van der Waals surface area contributed by atoms with Crippen molar-refractivity contribution >= 4 is 11.9 Å². The van der Waals surface area contributed by atoms with Crippen LogP contribution in [0.1, 0.15) is 42.9 Å². The largest absolute Gasteiger partial charge is 0.356 e. The first-order valence-corrected chi connectivity index (χ1v) is 11.5. The number of carbonyl (C=O) groups excluding carboxylic acids is 1. The number of pyridine rings is 1. The zero-order valence-electron chi connectivity index (χ0n) is 19.2. The second kappa shape index (κ2) is 10.5. The van der Waals surface area contributed by atoms with E-state index in [1.807, 2.05) is 37.3 Å². The van der Waals surface area contributed by atoms with Gasteiger partial charge in [0, 0.05) is 50.7 Å². The van der Waals surface area contributed by atoms with Crippen LogP contribution >= 0.6 is 0 Å². The zero-order chi connectivity index (χ0) is 23.2. The van der Waals surface area contributed by atoms with Gasteiger partial charge in [0.05, 0.1) is 12.1 Å². The van der Waals surface area contributed by atoms with E-state index < -0.39 is 0 Å². The number of hydrogen-bond acceptors (Lipinski definition) is 5. The second-order valence-electron chi connectivity index (χ2n) is 8.92. The van der Waals surface area contributed by atoms with Crippen LogP contribution in [-0.2, 0) is 11.2 Å². The predicted octanol–water partition coefficient (Wildman–Crippen LogP) is 4.38. The number of aromatic nitrogens is 3. The molecule has 2 heterocycles. The van der Waals surface area contributed by atoms with Crippen molar-refractivity contribution < 1.29 is 9.18 Å². The summed E-state index contributed by atoms with van der Waals surface area (Å²) in [7, 11) is 3.91. The molecule has 0 aliphatic heterocycles. The van der Waals surface area contributed by atoms with Crippen molar-refractivity contribution in [3.63, 3.8) is 0 Å². The van der Waals surface area contributed by atoms with E-state index in [0.29, 0.717) is 18.4 Å². The van der Waals surface area contributed by atoms with Gasteiger partial charge in [-0.1, -0.05) is 12.1 Å². The van der Waals surface area contributed by atoms with Crippen molar-refractivity contribution in [3.05, 3.63) is 72.1 Å². The summed E-state index contributed by atoms with van der Waals surface area (Å²) in [6.45, 7) is 0.677. The normalized spacial score (nSPS) is 18.0. The Morgan fingerprint density at radius 3 is 2.42 bits per heavy atom. The minimum atomic E-state index is -0.288. The average molecular weight is 448 g/mol. The molecule has 1 aliphatic carbocycles. The lowest BCUT2D eigenvalue weighted by Crippen LogP contribution is -2.32. The third-order valence-corrected chi connectivity index (χ3v) is 6.30. The second-order valence-corrected chi connectivity index (χ2v) is 8.92. The lowest BCUT2D eigenvalue weighted by Gasteiger charge is -2.30. The lowest BCUT2D eigenvalue weighted by atomic mass is 9.79. The molecule has 0 spiro atoms. The Morgan fingerprint density at radius 1 is 1.06 bits per heavy atom. The summed E-state index contributed by atoms with van der Waals surface area (Å²) in [4.78, 5) is 27.8. The Labute approximate surface area is 194 Å². The summed E-state index contributed by atoms with van der Waals surface area (Å²) in [5, 5.41) is 3.06. The number of carbonyl (C=O) groups is 1. The van der Waals surface area contributed by atoms with Crippen LogP contribution in [0.25, 0.3) is 11.1 Å². The van der Waals surface area contributed by atoms with Crippen LogP contribution in [0, 0.1) is 11.7 Å². The minimum absolute atomic E-state index is 0.0184. The van der Waals surface area contributed by atoms with Crippen LogP contribution in [0.4, 0.5) is 10.3 Å². The maximum atomic E-state index is 13.0. The van der Waals surface area contributed by atoms with E-state index in [2.05, 4.69) is 15.3 Å². The summed E-state index contributed by atoms with van der Waals surface area (Å²) in [6, 6.07) is 10.1. The number of nitrogens with one attached hydrogen (secondary N) is 1. The third kappa shape index (κ3) is 5.92. The number of benzene rings is 1. The van der Waals surface area contributed by atoms with Gasteiger partial charge in [0.1, 0.15) is 5.82 Å². The first-order valence-electron chi connectivity index (χ1n) is 11.5. The molecule has 7 heteroatoms. The Bertz CT molecular complexity index is 1060. The predicted molar refractivity (Wildman–Crippen MR) is 127 cm³/mol. The molecule has 2 aromatic heterocycles. The smallest absolute Gasteiger partial charge is 0.225 e. The van der Waals surface area contributed by atoms with Gasteiger partial charge in [-0.25, -0.2) is 14.4 Å². The Hall–Kier alpha value is -3.35. The van der Waals surface area contributed by atoms with Gasteiger partial charge in [-0.15, -0.1) is 0 Å². The highest BCUT2D eigenvalue weighted by Crippen LogP contribution is 2.39. The molecular formula is C26H30FN5O. The third-order valence-electron chi connectivity index (χ3n) is 6.30. The Morgan fingerprint density at radius 2 is 1.76 bits per heavy atom. The van der Waals surface area contributed by atoms with E-state index in [0.717, 1.165) is 54.0 Å². The van der Waals surface area contributed by atoms with Crippen molar-refractivity contribution in [3.8, 4) is 11.1 Å². The molecule has 0 unspecified atom stereocenters. The number of hydrogen-bond donors (Lipinski definition) is 1. The number of anilines is 1. The Kier molecular flexibility index (Phi) is 7.27. The van der Waals surface area contributed by atoms with E-state index in [-0.39, 0.29) is 18.1 Å². The highest BCUT2D eigenvalue weighted by Gasteiger charge is 2.26. The van der Waals surface area contributed by atoms with Crippen LogP contribution in [0.5, 0.6) is 0 Å². The summed E-state index contributed by atoms with van der Waals surface area (Å²) < 4.78 is 13.0. The number of nitrogens with zero attached hydrogens (tertiary/aromatic N) is 4. The molecule has 4 rings (SSSR count). The van der Waals surface area contributed by atoms with Crippen LogP contribution in [-0.4, -0.2) is 41.5 Å². The molecular weight excluding hydrogens is 417 g/mol. The van der Waals surface area contributed by atoms with Gasteiger partial charge in [0.25, 0.3) is 0 Å². The molecule has 0 atom stereocenters. The SMILES string of the molecule is CN(C)c1ncc(-c2ccncc2)c(C2CCC(CNC(=O)Cc3ccc(F)cc3)CC2)n1. The topological polar surface area (TPSA) is 71.0 Å². The molecule has 33 heavy (non-hydrogen) atoms. The molecule has 1 aromatic carbocycles. The van der Waals surface area contributed by atoms with Gasteiger partial charge in [0.15, 0.2) is 0 Å². The van der Waals surface area contributed by atoms with E-state index in [4.69, 9.17) is 4.98 Å². The highest BCUT2D eigenvalue weighted by atomic mass is 19.1. The monoisotopic (exact) mass is 447 g/mol. The average Bonchev–Trinajstić information content (AvgIpc) is 2.84. The summed E-state index contributed by atoms with van der Waals surface area (Å²) in [5.74, 6) is 1.23. The quantitative estimate of drug-likeness (QED) is 0.582. The molecule has 1 N–H and O–H groups in total. The highest BCUT2D eigenvalue weighted by molar-refractivity contribution is 5.78. The molecule has 0 radical (unpaired) electrons. The van der Waals surface area contributed by atoms with Crippen molar-refractivity contribution in [2.45, 2.75) is 38.0 Å². The number of halogens is 1. The van der Waals surface area contributed by atoms with Gasteiger partial charge < -0.3 is 10.2 Å². The minimum Gasteiger partial charge on any atom is -0.356 e. The van der Waals surface area contributed by atoms with Crippen LogP contribution < -0.4 is 10.2 Å². The van der Waals surface area contributed by atoms with Crippen molar-refractivity contribution in [2.24, 2.45) is 5.92 Å². The van der Waals surface area contributed by atoms with Gasteiger partial charge in [-0.3, -0.25) is 9.78 Å². The fourth-order valence-corrected chi connectivity index (χ4v) is 4.41. The van der Waals surface area contributed by atoms with E-state index >= 15 is 0 Å². The summed E-state index contributed by atoms with van der Waals surface area (Å²) in [5.41, 5.74) is 4.07. The zero-order valence-corrected chi connectivity index (χ0v) is 19.2. The fraction of sp³-hybridized carbons (Fsp3) is 0.385. The summed E-state index contributed by atoms with van der Waals surface area (Å²) >= 11 is 0. The van der Waals surface area contributed by atoms with E-state index in [1.54, 1.807) is 24.5 Å². The molecule has 3 aromatic rings. The first kappa shape index (κ1) is 22.8. The molecule has 172 valence electrons. The van der Waals surface area contributed by atoms with Crippen molar-refractivity contribution in [2.75, 3.05) is 25.5 Å². The molecule has 1 amide bonds. The molecule has 0 bridgehead atoms. The van der Waals surface area contributed by atoms with E-state index in [9.17, 15) is 9.18 Å². The molecule has 1 fully saturated rings. The van der Waals surface area contributed by atoms with Gasteiger partial charge >= 0.3 is 0 Å². The van der Waals surface area contributed by atoms with Crippen molar-refractivity contribution in [1.82, 2.24) is 20.3 Å². The lowest BCUT2D eigenvalue weighted by molar-refractivity contribution is -0.120. The van der Waals surface area contributed by atoms with Crippen LogP contribution in [0.3, 0.4) is 0 Å². The molecule has 1 saturated carbocycles. The van der Waals surface area contributed by atoms with Crippen molar-refractivity contribution in [1.29, 1.82) is 0 Å². The van der Waals surface area contributed by atoms with Gasteiger partial charge in [-0.05, 0) is 67.0 Å². The number of rotatable bonds is 7. The van der Waals surface area contributed by atoms with Crippen LogP contribution in [0.15, 0.2) is 55.0 Å². The number of amides is 1. The first-order chi connectivity index (χ1) is 16.0. The fourth-order valence-electron chi connectivity index (χ4n) is 4.41. The summed E-state index contributed by atoms with van der Waals surface area (Å²) in [6.07, 6.45) is 9.93. The van der Waals surface area contributed by atoms with E-state index in [1.165, 1.54) is 12.1 Å². The van der Waals surface area contributed by atoms with Gasteiger partial charge in [-0.2, -0.15) is 0 Å². The Balaban J connectivity index is 1.37. The maximum Gasteiger partial charge on any atom is 0.225 e. The maximum absolute atomic E-state index is 13.0. The van der Waals surface area contributed by atoms with Crippen LogP contribution in [0.2, 0.25) is 0 Å². The standard InChI is InChI=1S/C26H30FN5O/c1-32(2)26-30-17-23(20-11-13-28-14-12-20)25(31-26)21-7-3-19(4-8-21)16-29-24(33)15-18-5-9-22(27)10-6-18/h5-6,9-14,17,19,21H,3-4,7-8,15-16H2,1-2H3,(H,29,33).